The number of ether oxygens (including phenoxy) is 1. The molecule has 16 heavy (non-hydrogen) atoms. The monoisotopic (exact) mass is 216 g/mol. The van der Waals surface area contributed by atoms with Gasteiger partial charge in [0.05, 0.1) is 5.69 Å². The standard InChI is InChI=1S/C13H16N2O/c1-10-2-4-15-8-12(14-13(15)6-10)7-11-3-5-16-9-11/h2,4,6,8,11H,3,5,7,9H2,1H3. The maximum Gasteiger partial charge on any atom is 0.137 e. The Morgan fingerprint density at radius 2 is 2.50 bits per heavy atom. The summed E-state index contributed by atoms with van der Waals surface area (Å²) in [6, 6.07) is 4.23. The van der Waals surface area contributed by atoms with Gasteiger partial charge in [0, 0.05) is 25.6 Å². The van der Waals surface area contributed by atoms with E-state index in [1.54, 1.807) is 0 Å². The Bertz CT molecular complexity index is 498. The summed E-state index contributed by atoms with van der Waals surface area (Å²) in [5.41, 5.74) is 3.49. The highest BCUT2D eigenvalue weighted by molar-refractivity contribution is 5.42. The van der Waals surface area contributed by atoms with E-state index in [1.807, 2.05) is 0 Å². The fraction of sp³-hybridized carbons (Fsp3) is 0.462. The number of nitrogens with zero attached hydrogens (tertiary/aromatic N) is 2. The van der Waals surface area contributed by atoms with E-state index in [1.165, 1.54) is 17.7 Å². The number of rotatable bonds is 2. The maximum absolute atomic E-state index is 5.39. The molecule has 1 atom stereocenters. The third kappa shape index (κ3) is 1.83. The van der Waals surface area contributed by atoms with Gasteiger partial charge in [-0.1, -0.05) is 0 Å². The highest BCUT2D eigenvalue weighted by Crippen LogP contribution is 2.18. The van der Waals surface area contributed by atoms with E-state index in [9.17, 15) is 0 Å². The van der Waals surface area contributed by atoms with Gasteiger partial charge in [0.25, 0.3) is 0 Å². The Balaban J connectivity index is 1.86. The molecule has 84 valence electrons. The molecule has 3 heteroatoms. The van der Waals surface area contributed by atoms with Crippen LogP contribution in [0.25, 0.3) is 5.65 Å². The van der Waals surface area contributed by atoms with Crippen molar-refractivity contribution in [3.8, 4) is 0 Å². The zero-order chi connectivity index (χ0) is 11.0. The third-order valence-corrected chi connectivity index (χ3v) is 3.19. The molecule has 0 aliphatic carbocycles. The maximum atomic E-state index is 5.39. The van der Waals surface area contributed by atoms with E-state index in [2.05, 4.69) is 40.8 Å². The molecule has 2 aromatic rings. The molecule has 1 aliphatic heterocycles. The van der Waals surface area contributed by atoms with E-state index >= 15 is 0 Å². The average Bonchev–Trinajstić information content (AvgIpc) is 2.86. The molecule has 0 amide bonds. The van der Waals surface area contributed by atoms with Gasteiger partial charge in [-0.15, -0.1) is 0 Å². The number of aromatic nitrogens is 2. The second-order valence-corrected chi connectivity index (χ2v) is 4.64. The van der Waals surface area contributed by atoms with Crippen LogP contribution < -0.4 is 0 Å². The van der Waals surface area contributed by atoms with Crippen LogP contribution in [0.4, 0.5) is 0 Å². The summed E-state index contributed by atoms with van der Waals surface area (Å²) in [6.45, 7) is 3.91. The molecule has 3 nitrogen and oxygen atoms in total. The number of fused-ring (bicyclic) bond motifs is 1. The fourth-order valence-corrected chi connectivity index (χ4v) is 2.27. The highest BCUT2D eigenvalue weighted by atomic mass is 16.5. The topological polar surface area (TPSA) is 26.5 Å². The minimum atomic E-state index is 0.658. The first-order valence-corrected chi connectivity index (χ1v) is 5.83. The van der Waals surface area contributed by atoms with Crippen molar-refractivity contribution in [2.24, 2.45) is 5.92 Å². The molecule has 0 radical (unpaired) electrons. The Morgan fingerprint density at radius 3 is 3.31 bits per heavy atom. The van der Waals surface area contributed by atoms with Crippen molar-refractivity contribution in [2.45, 2.75) is 19.8 Å². The third-order valence-electron chi connectivity index (χ3n) is 3.19. The van der Waals surface area contributed by atoms with Crippen LogP contribution in [0.3, 0.4) is 0 Å². The summed E-state index contributed by atoms with van der Waals surface area (Å²) in [4.78, 5) is 4.64. The van der Waals surface area contributed by atoms with E-state index < -0.39 is 0 Å². The van der Waals surface area contributed by atoms with Gasteiger partial charge in [-0.3, -0.25) is 0 Å². The van der Waals surface area contributed by atoms with Crippen LogP contribution in [0.1, 0.15) is 17.7 Å². The van der Waals surface area contributed by atoms with Crippen molar-refractivity contribution in [2.75, 3.05) is 13.2 Å². The molecule has 3 heterocycles. The number of aryl methyl sites for hydroxylation is 1. The molecule has 0 aromatic carbocycles. The summed E-state index contributed by atoms with van der Waals surface area (Å²) in [7, 11) is 0. The fourth-order valence-electron chi connectivity index (χ4n) is 2.27. The van der Waals surface area contributed by atoms with Gasteiger partial charge >= 0.3 is 0 Å². The van der Waals surface area contributed by atoms with Crippen LogP contribution >= 0.6 is 0 Å². The van der Waals surface area contributed by atoms with Gasteiger partial charge in [0.2, 0.25) is 0 Å². The van der Waals surface area contributed by atoms with E-state index in [4.69, 9.17) is 4.74 Å². The first kappa shape index (κ1) is 9.85. The van der Waals surface area contributed by atoms with Gasteiger partial charge in [-0.25, -0.2) is 4.98 Å². The predicted molar refractivity (Wildman–Crippen MR) is 62.6 cm³/mol. The molecule has 1 unspecified atom stereocenters. The number of pyridine rings is 1. The first-order chi connectivity index (χ1) is 7.81. The molecule has 0 saturated carbocycles. The number of imidazole rings is 1. The van der Waals surface area contributed by atoms with Gasteiger partial charge < -0.3 is 9.14 Å². The van der Waals surface area contributed by atoms with Crippen molar-refractivity contribution >= 4 is 5.65 Å². The molecule has 1 fully saturated rings. The SMILES string of the molecule is Cc1ccn2cc(CC3CCOC3)nc2c1. The minimum absolute atomic E-state index is 0.658. The lowest BCUT2D eigenvalue weighted by molar-refractivity contribution is 0.185. The van der Waals surface area contributed by atoms with Crippen molar-refractivity contribution in [3.63, 3.8) is 0 Å². The molecule has 3 rings (SSSR count). The Morgan fingerprint density at radius 1 is 1.56 bits per heavy atom. The number of hydrogen-bond donors (Lipinski definition) is 0. The predicted octanol–water partition coefficient (Wildman–Crippen LogP) is 2.22. The molecular formula is C13H16N2O. The zero-order valence-corrected chi connectivity index (χ0v) is 9.52. The minimum Gasteiger partial charge on any atom is -0.381 e. The smallest absolute Gasteiger partial charge is 0.137 e. The average molecular weight is 216 g/mol. The Hall–Kier alpha value is -1.35. The summed E-state index contributed by atoms with van der Waals surface area (Å²) < 4.78 is 7.48. The molecular weight excluding hydrogens is 200 g/mol. The van der Waals surface area contributed by atoms with Gasteiger partial charge in [0.15, 0.2) is 0 Å². The van der Waals surface area contributed by atoms with E-state index in [0.29, 0.717) is 5.92 Å². The summed E-state index contributed by atoms with van der Waals surface area (Å²) >= 11 is 0. The first-order valence-electron chi connectivity index (χ1n) is 5.83. The highest BCUT2D eigenvalue weighted by Gasteiger charge is 2.17. The summed E-state index contributed by atoms with van der Waals surface area (Å²) in [6.07, 6.45) is 6.42. The van der Waals surface area contributed by atoms with Crippen LogP contribution in [0, 0.1) is 12.8 Å². The van der Waals surface area contributed by atoms with Gasteiger partial charge in [-0.2, -0.15) is 0 Å². The van der Waals surface area contributed by atoms with Crippen LogP contribution in [0.2, 0.25) is 0 Å². The lowest BCUT2D eigenvalue weighted by Crippen LogP contribution is -2.03. The van der Waals surface area contributed by atoms with Gasteiger partial charge in [-0.05, 0) is 43.4 Å². The normalized spacial score (nSPS) is 20.7. The quantitative estimate of drug-likeness (QED) is 0.769. The van der Waals surface area contributed by atoms with Crippen LogP contribution in [0.15, 0.2) is 24.5 Å². The van der Waals surface area contributed by atoms with E-state index in [0.717, 1.165) is 25.3 Å². The second-order valence-electron chi connectivity index (χ2n) is 4.64. The molecule has 2 aromatic heterocycles. The molecule has 1 saturated heterocycles. The lowest BCUT2D eigenvalue weighted by atomic mass is 10.0. The zero-order valence-electron chi connectivity index (χ0n) is 9.52. The second kappa shape index (κ2) is 3.91. The molecule has 1 aliphatic rings. The van der Waals surface area contributed by atoms with Crippen molar-refractivity contribution in [1.82, 2.24) is 9.38 Å². The number of hydrogen-bond acceptors (Lipinski definition) is 2. The van der Waals surface area contributed by atoms with E-state index in [-0.39, 0.29) is 0 Å². The van der Waals surface area contributed by atoms with Gasteiger partial charge in [0.1, 0.15) is 5.65 Å². The summed E-state index contributed by atoms with van der Waals surface area (Å²) in [5.74, 6) is 0.658. The van der Waals surface area contributed by atoms with Crippen LogP contribution in [-0.2, 0) is 11.2 Å². The Labute approximate surface area is 95.1 Å². The van der Waals surface area contributed by atoms with Crippen LogP contribution in [-0.4, -0.2) is 22.6 Å². The van der Waals surface area contributed by atoms with Crippen molar-refractivity contribution in [3.05, 3.63) is 35.8 Å². The van der Waals surface area contributed by atoms with Crippen molar-refractivity contribution < 1.29 is 4.74 Å². The molecule has 0 bridgehead atoms. The largest absolute Gasteiger partial charge is 0.381 e. The Kier molecular flexibility index (Phi) is 2.40. The summed E-state index contributed by atoms with van der Waals surface area (Å²) in [5, 5.41) is 0. The van der Waals surface area contributed by atoms with Crippen LogP contribution in [0.5, 0.6) is 0 Å². The molecule has 0 N–H and O–H groups in total. The lowest BCUT2D eigenvalue weighted by Gasteiger charge is -2.02. The van der Waals surface area contributed by atoms with Crippen molar-refractivity contribution in [1.29, 1.82) is 0 Å². The molecule has 0 spiro atoms.